The molecule has 0 amide bonds. The molecule has 4 heteroatoms. The van der Waals surface area contributed by atoms with Crippen molar-refractivity contribution >= 4 is 0 Å². The summed E-state index contributed by atoms with van der Waals surface area (Å²) < 4.78 is 2.00. The van der Waals surface area contributed by atoms with E-state index in [1.165, 1.54) is 22.3 Å². The third kappa shape index (κ3) is 2.85. The summed E-state index contributed by atoms with van der Waals surface area (Å²) in [6, 6.07) is 4.46. The summed E-state index contributed by atoms with van der Waals surface area (Å²) in [6.07, 6.45) is 4.59. The second kappa shape index (κ2) is 5.55. The molecule has 1 atom stereocenters. The van der Waals surface area contributed by atoms with Gasteiger partial charge in [-0.15, -0.1) is 0 Å². The van der Waals surface area contributed by atoms with E-state index in [-0.39, 0.29) is 6.04 Å². The van der Waals surface area contributed by atoms with Crippen LogP contribution in [0, 0.1) is 20.8 Å². The molecule has 102 valence electrons. The molecule has 0 aliphatic carbocycles. The fourth-order valence-electron chi connectivity index (χ4n) is 2.67. The van der Waals surface area contributed by atoms with Crippen LogP contribution in [0.2, 0.25) is 0 Å². The molecule has 0 spiro atoms. The number of hydrogen-bond acceptors (Lipinski definition) is 3. The maximum atomic E-state index is 5.71. The Labute approximate surface area is 114 Å². The van der Waals surface area contributed by atoms with Crippen LogP contribution >= 0.6 is 0 Å². The molecule has 0 saturated carbocycles. The molecule has 1 aromatic carbocycles. The summed E-state index contributed by atoms with van der Waals surface area (Å²) in [4.78, 5) is 4.38. The van der Waals surface area contributed by atoms with Crippen LogP contribution in [-0.2, 0) is 13.5 Å². The van der Waals surface area contributed by atoms with E-state index in [2.05, 4.69) is 43.3 Å². The lowest BCUT2D eigenvalue weighted by molar-refractivity contribution is 0.505. The van der Waals surface area contributed by atoms with Gasteiger partial charge in [-0.1, -0.05) is 17.7 Å². The monoisotopic (exact) mass is 258 g/mol. The van der Waals surface area contributed by atoms with Gasteiger partial charge in [0.25, 0.3) is 0 Å². The second-order valence-electron chi connectivity index (χ2n) is 5.20. The van der Waals surface area contributed by atoms with Gasteiger partial charge >= 0.3 is 0 Å². The molecule has 4 nitrogen and oxygen atoms in total. The molecule has 2 rings (SSSR count). The smallest absolute Gasteiger partial charge is 0.127 e. The zero-order valence-corrected chi connectivity index (χ0v) is 12.1. The zero-order chi connectivity index (χ0) is 14.0. The Morgan fingerprint density at radius 1 is 1.26 bits per heavy atom. The molecule has 0 saturated heterocycles. The van der Waals surface area contributed by atoms with E-state index in [0.717, 1.165) is 12.2 Å². The largest absolute Gasteiger partial charge is 0.337 e. The summed E-state index contributed by atoms with van der Waals surface area (Å²) in [7, 11) is 1.99. The van der Waals surface area contributed by atoms with Crippen molar-refractivity contribution in [1.82, 2.24) is 15.0 Å². The predicted molar refractivity (Wildman–Crippen MR) is 77.6 cm³/mol. The highest BCUT2D eigenvalue weighted by Crippen LogP contribution is 2.22. The average molecular weight is 258 g/mol. The lowest BCUT2D eigenvalue weighted by atomic mass is 9.94. The highest BCUT2D eigenvalue weighted by atomic mass is 15.3. The molecular weight excluding hydrogens is 236 g/mol. The summed E-state index contributed by atoms with van der Waals surface area (Å²) in [6.45, 7) is 6.43. The van der Waals surface area contributed by atoms with Gasteiger partial charge in [-0.2, -0.15) is 0 Å². The first-order valence-corrected chi connectivity index (χ1v) is 6.53. The van der Waals surface area contributed by atoms with Gasteiger partial charge in [0.1, 0.15) is 5.82 Å². The minimum Gasteiger partial charge on any atom is -0.337 e. The predicted octanol–water partition coefficient (Wildman–Crippen LogP) is 2.09. The zero-order valence-electron chi connectivity index (χ0n) is 12.1. The SMILES string of the molecule is Cc1cc(C)c(CC(NN)c2nccn2C)c(C)c1. The fourth-order valence-corrected chi connectivity index (χ4v) is 2.67. The van der Waals surface area contributed by atoms with E-state index in [0.29, 0.717) is 0 Å². The van der Waals surface area contributed by atoms with Crippen molar-refractivity contribution in [2.75, 3.05) is 0 Å². The minimum atomic E-state index is 0.0279. The van der Waals surface area contributed by atoms with E-state index in [1.54, 1.807) is 6.20 Å². The molecule has 1 aromatic heterocycles. The van der Waals surface area contributed by atoms with E-state index < -0.39 is 0 Å². The molecule has 1 heterocycles. The summed E-state index contributed by atoms with van der Waals surface area (Å²) in [5.41, 5.74) is 8.15. The molecule has 0 bridgehead atoms. The third-order valence-electron chi connectivity index (χ3n) is 3.62. The van der Waals surface area contributed by atoms with Crippen molar-refractivity contribution in [2.24, 2.45) is 12.9 Å². The number of nitrogens with two attached hydrogens (primary N) is 1. The van der Waals surface area contributed by atoms with Gasteiger partial charge in [-0.05, 0) is 43.9 Å². The molecule has 1 unspecified atom stereocenters. The Morgan fingerprint density at radius 2 is 1.89 bits per heavy atom. The fraction of sp³-hybridized carbons (Fsp3) is 0.400. The highest BCUT2D eigenvalue weighted by molar-refractivity contribution is 5.38. The molecule has 2 aromatic rings. The van der Waals surface area contributed by atoms with Crippen LogP contribution in [0.25, 0.3) is 0 Å². The highest BCUT2D eigenvalue weighted by Gasteiger charge is 2.17. The van der Waals surface area contributed by atoms with Crippen molar-refractivity contribution in [3.8, 4) is 0 Å². The number of hydrogen-bond donors (Lipinski definition) is 2. The Hall–Kier alpha value is -1.65. The number of imidazole rings is 1. The van der Waals surface area contributed by atoms with Gasteiger partial charge in [0, 0.05) is 19.4 Å². The standard InChI is InChI=1S/C15H22N4/c1-10-7-11(2)13(12(3)8-10)9-14(18-16)15-17-5-6-19(15)4/h5-8,14,18H,9,16H2,1-4H3. The van der Waals surface area contributed by atoms with E-state index in [4.69, 9.17) is 5.84 Å². The van der Waals surface area contributed by atoms with Crippen LogP contribution in [-0.4, -0.2) is 9.55 Å². The van der Waals surface area contributed by atoms with Crippen molar-refractivity contribution in [3.63, 3.8) is 0 Å². The van der Waals surface area contributed by atoms with Gasteiger partial charge < -0.3 is 4.57 Å². The number of aryl methyl sites for hydroxylation is 4. The van der Waals surface area contributed by atoms with Gasteiger partial charge in [0.05, 0.1) is 6.04 Å². The van der Waals surface area contributed by atoms with Crippen LogP contribution in [0.4, 0.5) is 0 Å². The number of hydrazine groups is 1. The van der Waals surface area contributed by atoms with Crippen molar-refractivity contribution in [3.05, 3.63) is 52.6 Å². The van der Waals surface area contributed by atoms with Crippen LogP contribution in [0.1, 0.15) is 34.1 Å². The average Bonchev–Trinajstić information content (AvgIpc) is 2.75. The van der Waals surface area contributed by atoms with Gasteiger partial charge in [0.2, 0.25) is 0 Å². The molecule has 3 N–H and O–H groups in total. The Balaban J connectivity index is 2.32. The number of nitrogens with one attached hydrogen (secondary N) is 1. The van der Waals surface area contributed by atoms with Crippen LogP contribution in [0.5, 0.6) is 0 Å². The quantitative estimate of drug-likeness (QED) is 0.652. The molecule has 0 radical (unpaired) electrons. The topological polar surface area (TPSA) is 55.9 Å². The summed E-state index contributed by atoms with van der Waals surface area (Å²) >= 11 is 0. The summed E-state index contributed by atoms with van der Waals surface area (Å²) in [5.74, 6) is 6.67. The number of aromatic nitrogens is 2. The normalized spacial score (nSPS) is 12.7. The van der Waals surface area contributed by atoms with Crippen LogP contribution < -0.4 is 11.3 Å². The minimum absolute atomic E-state index is 0.0279. The number of nitrogens with zero attached hydrogens (tertiary/aromatic N) is 2. The number of benzene rings is 1. The van der Waals surface area contributed by atoms with Crippen molar-refractivity contribution in [1.29, 1.82) is 0 Å². The lowest BCUT2D eigenvalue weighted by Gasteiger charge is -2.19. The Morgan fingerprint density at radius 3 is 2.37 bits per heavy atom. The Bertz CT molecular complexity index is 548. The van der Waals surface area contributed by atoms with Crippen LogP contribution in [0.15, 0.2) is 24.5 Å². The molecule has 0 fully saturated rings. The first-order valence-electron chi connectivity index (χ1n) is 6.53. The third-order valence-corrected chi connectivity index (χ3v) is 3.62. The first-order chi connectivity index (χ1) is 9.02. The molecule has 19 heavy (non-hydrogen) atoms. The van der Waals surface area contributed by atoms with Crippen molar-refractivity contribution in [2.45, 2.75) is 33.2 Å². The lowest BCUT2D eigenvalue weighted by Crippen LogP contribution is -2.31. The van der Waals surface area contributed by atoms with Gasteiger partial charge in [-0.3, -0.25) is 5.84 Å². The van der Waals surface area contributed by atoms with E-state index in [9.17, 15) is 0 Å². The molecular formula is C15H22N4. The molecule has 0 aliphatic heterocycles. The molecule has 0 aliphatic rings. The van der Waals surface area contributed by atoms with E-state index >= 15 is 0 Å². The van der Waals surface area contributed by atoms with Gasteiger partial charge in [-0.25, -0.2) is 10.4 Å². The summed E-state index contributed by atoms with van der Waals surface area (Å²) in [5, 5.41) is 0. The van der Waals surface area contributed by atoms with Crippen LogP contribution in [0.3, 0.4) is 0 Å². The van der Waals surface area contributed by atoms with E-state index in [1.807, 2.05) is 17.8 Å². The van der Waals surface area contributed by atoms with Gasteiger partial charge in [0.15, 0.2) is 0 Å². The maximum Gasteiger partial charge on any atom is 0.127 e. The first kappa shape index (κ1) is 13.8. The maximum absolute atomic E-state index is 5.71. The number of rotatable bonds is 4. The Kier molecular flexibility index (Phi) is 4.02. The van der Waals surface area contributed by atoms with Crippen molar-refractivity contribution < 1.29 is 0 Å². The second-order valence-corrected chi connectivity index (χ2v) is 5.20.